The van der Waals surface area contributed by atoms with Crippen LogP contribution in [0.5, 0.6) is 0 Å². The number of nitrogens with zero attached hydrogens (tertiary/aromatic N) is 1. The van der Waals surface area contributed by atoms with Crippen molar-refractivity contribution in [2.45, 2.75) is 26.0 Å². The lowest BCUT2D eigenvalue weighted by Gasteiger charge is -2.15. The van der Waals surface area contributed by atoms with Crippen LogP contribution in [0.15, 0.2) is 16.7 Å². The van der Waals surface area contributed by atoms with Gasteiger partial charge in [-0.3, -0.25) is 4.90 Å². The van der Waals surface area contributed by atoms with Crippen molar-refractivity contribution in [3.63, 3.8) is 0 Å². The van der Waals surface area contributed by atoms with Gasteiger partial charge in [0.25, 0.3) is 0 Å². The Morgan fingerprint density at radius 1 is 1.62 bits per heavy atom. The van der Waals surface area contributed by atoms with Crippen LogP contribution in [0.2, 0.25) is 0 Å². The Morgan fingerprint density at radius 3 is 2.81 bits per heavy atom. The Kier molecular flexibility index (Phi) is 4.52. The van der Waals surface area contributed by atoms with Crippen molar-refractivity contribution in [2.75, 3.05) is 13.6 Å². The molecule has 0 aliphatic heterocycles. The molecule has 0 bridgehead atoms. The molecule has 1 aromatic heterocycles. The van der Waals surface area contributed by atoms with E-state index in [1.54, 1.807) is 6.92 Å². The molecule has 0 aliphatic carbocycles. The van der Waals surface area contributed by atoms with Gasteiger partial charge in [-0.2, -0.15) is 0 Å². The molecule has 5 nitrogen and oxygen atoms in total. The molecule has 2 N–H and O–H groups in total. The summed E-state index contributed by atoms with van der Waals surface area (Å²) in [5, 5.41) is 17.8. The maximum absolute atomic E-state index is 10.6. The highest BCUT2D eigenvalue weighted by Gasteiger charge is 2.10. The van der Waals surface area contributed by atoms with Crippen LogP contribution in [-0.2, 0) is 6.54 Å². The van der Waals surface area contributed by atoms with Crippen LogP contribution in [0.4, 0.5) is 0 Å². The summed E-state index contributed by atoms with van der Waals surface area (Å²) in [5.74, 6) is -0.368. The molecule has 16 heavy (non-hydrogen) atoms. The van der Waals surface area contributed by atoms with E-state index in [0.717, 1.165) is 6.54 Å². The smallest absolute Gasteiger partial charge is 0.338 e. The molecule has 5 heteroatoms. The average molecular weight is 227 g/mol. The molecule has 1 atom stereocenters. The second-order valence-electron chi connectivity index (χ2n) is 3.98. The van der Waals surface area contributed by atoms with E-state index in [9.17, 15) is 4.79 Å². The van der Waals surface area contributed by atoms with Crippen LogP contribution in [0.25, 0.3) is 0 Å². The van der Waals surface area contributed by atoms with Crippen molar-refractivity contribution in [2.24, 2.45) is 0 Å². The van der Waals surface area contributed by atoms with Crippen molar-refractivity contribution in [1.29, 1.82) is 0 Å². The van der Waals surface area contributed by atoms with Crippen LogP contribution in [0.3, 0.4) is 0 Å². The molecule has 0 amide bonds. The quantitative estimate of drug-likeness (QED) is 0.763. The number of carboxylic acids is 1. The van der Waals surface area contributed by atoms with E-state index in [1.807, 2.05) is 11.9 Å². The zero-order valence-corrected chi connectivity index (χ0v) is 9.51. The predicted octanol–water partition coefficient (Wildman–Crippen LogP) is 1.18. The fourth-order valence-corrected chi connectivity index (χ4v) is 1.33. The summed E-state index contributed by atoms with van der Waals surface area (Å²) >= 11 is 0. The standard InChI is InChI=1S/C11H17NO4/c1-8(13)3-4-12(2)6-10-5-9(7-16-10)11(14)15/h5,7-8,13H,3-4,6H2,1-2H3,(H,14,15). The summed E-state index contributed by atoms with van der Waals surface area (Å²) in [6.45, 7) is 3.02. The molecular weight excluding hydrogens is 210 g/mol. The zero-order valence-electron chi connectivity index (χ0n) is 9.51. The topological polar surface area (TPSA) is 73.9 Å². The molecule has 0 fully saturated rings. The molecule has 1 aromatic rings. The van der Waals surface area contributed by atoms with Crippen molar-refractivity contribution in [3.8, 4) is 0 Å². The van der Waals surface area contributed by atoms with Gasteiger partial charge >= 0.3 is 5.97 Å². The first kappa shape index (κ1) is 12.7. The lowest BCUT2D eigenvalue weighted by molar-refractivity contribution is 0.0696. The van der Waals surface area contributed by atoms with E-state index >= 15 is 0 Å². The van der Waals surface area contributed by atoms with Gasteiger partial charge in [0.2, 0.25) is 0 Å². The number of rotatable bonds is 6. The molecule has 0 aliphatic rings. The number of aliphatic hydroxyl groups is 1. The first-order valence-corrected chi connectivity index (χ1v) is 5.16. The second kappa shape index (κ2) is 5.67. The van der Waals surface area contributed by atoms with Gasteiger partial charge in [-0.05, 0) is 26.5 Å². The highest BCUT2D eigenvalue weighted by Crippen LogP contribution is 2.10. The number of aromatic carboxylic acids is 1. The molecular formula is C11H17NO4. The lowest BCUT2D eigenvalue weighted by atomic mass is 10.2. The number of hydrogen-bond donors (Lipinski definition) is 2. The second-order valence-corrected chi connectivity index (χ2v) is 3.98. The number of hydrogen-bond acceptors (Lipinski definition) is 4. The van der Waals surface area contributed by atoms with Crippen molar-refractivity contribution >= 4 is 5.97 Å². The van der Waals surface area contributed by atoms with E-state index in [1.165, 1.54) is 12.3 Å². The first-order valence-electron chi connectivity index (χ1n) is 5.16. The number of carboxylic acid groups (broad SMARTS) is 1. The molecule has 90 valence electrons. The zero-order chi connectivity index (χ0) is 12.1. The van der Waals surface area contributed by atoms with Gasteiger partial charge in [0.1, 0.15) is 12.0 Å². The van der Waals surface area contributed by atoms with Gasteiger partial charge in [-0.1, -0.05) is 0 Å². The maximum atomic E-state index is 10.6. The Labute approximate surface area is 94.3 Å². The van der Waals surface area contributed by atoms with Crippen LogP contribution in [-0.4, -0.2) is 40.8 Å². The normalized spacial score (nSPS) is 13.0. The summed E-state index contributed by atoms with van der Waals surface area (Å²) in [6.07, 6.45) is 1.59. The van der Waals surface area contributed by atoms with Crippen molar-refractivity contribution < 1.29 is 19.4 Å². The van der Waals surface area contributed by atoms with Crippen molar-refractivity contribution in [3.05, 3.63) is 23.7 Å². The van der Waals surface area contributed by atoms with E-state index in [4.69, 9.17) is 14.6 Å². The van der Waals surface area contributed by atoms with Crippen LogP contribution in [0.1, 0.15) is 29.5 Å². The fourth-order valence-electron chi connectivity index (χ4n) is 1.33. The highest BCUT2D eigenvalue weighted by atomic mass is 16.4. The number of carbonyl (C=O) groups is 1. The van der Waals surface area contributed by atoms with Gasteiger partial charge in [-0.25, -0.2) is 4.79 Å². The summed E-state index contributed by atoms with van der Waals surface area (Å²) in [4.78, 5) is 12.6. The van der Waals surface area contributed by atoms with Gasteiger partial charge in [0.05, 0.1) is 18.2 Å². The largest absolute Gasteiger partial charge is 0.478 e. The van der Waals surface area contributed by atoms with Gasteiger partial charge < -0.3 is 14.6 Å². The maximum Gasteiger partial charge on any atom is 0.338 e. The highest BCUT2D eigenvalue weighted by molar-refractivity contribution is 5.87. The Morgan fingerprint density at radius 2 is 2.31 bits per heavy atom. The number of aliphatic hydroxyl groups excluding tert-OH is 1. The third kappa shape index (κ3) is 4.04. The third-order valence-electron chi connectivity index (χ3n) is 2.26. The van der Waals surface area contributed by atoms with Gasteiger partial charge in [0.15, 0.2) is 0 Å². The SMILES string of the molecule is CC(O)CCN(C)Cc1cc(C(=O)O)co1. The number of furan rings is 1. The summed E-state index contributed by atoms with van der Waals surface area (Å²) in [6, 6.07) is 1.52. The summed E-state index contributed by atoms with van der Waals surface area (Å²) in [5.41, 5.74) is 0.166. The van der Waals surface area contributed by atoms with Crippen LogP contribution >= 0.6 is 0 Å². The Balaban J connectivity index is 2.43. The third-order valence-corrected chi connectivity index (χ3v) is 2.26. The first-order chi connectivity index (χ1) is 7.49. The van der Waals surface area contributed by atoms with Crippen molar-refractivity contribution in [1.82, 2.24) is 4.90 Å². The minimum atomic E-state index is -0.985. The Bertz CT molecular complexity index is 346. The lowest BCUT2D eigenvalue weighted by Crippen LogP contribution is -2.21. The van der Waals surface area contributed by atoms with E-state index in [0.29, 0.717) is 18.7 Å². The van der Waals surface area contributed by atoms with Crippen LogP contribution < -0.4 is 0 Å². The monoisotopic (exact) mass is 227 g/mol. The van der Waals surface area contributed by atoms with Gasteiger partial charge in [0, 0.05) is 6.54 Å². The average Bonchev–Trinajstić information content (AvgIpc) is 2.63. The molecule has 1 heterocycles. The summed E-state index contributed by atoms with van der Waals surface area (Å²) < 4.78 is 5.12. The van der Waals surface area contributed by atoms with Crippen LogP contribution in [0, 0.1) is 0 Å². The molecule has 0 spiro atoms. The predicted molar refractivity (Wildman–Crippen MR) is 58.3 cm³/mol. The molecule has 1 unspecified atom stereocenters. The fraction of sp³-hybridized carbons (Fsp3) is 0.545. The van der Waals surface area contributed by atoms with E-state index in [2.05, 4.69) is 0 Å². The van der Waals surface area contributed by atoms with Gasteiger partial charge in [-0.15, -0.1) is 0 Å². The molecule has 0 saturated heterocycles. The summed E-state index contributed by atoms with van der Waals surface area (Å²) in [7, 11) is 1.89. The molecule has 0 radical (unpaired) electrons. The van der Waals surface area contributed by atoms with E-state index < -0.39 is 5.97 Å². The minimum absolute atomic E-state index is 0.166. The Hall–Kier alpha value is -1.33. The molecule has 1 rings (SSSR count). The minimum Gasteiger partial charge on any atom is -0.478 e. The molecule has 0 saturated carbocycles. The molecule has 0 aromatic carbocycles. The van der Waals surface area contributed by atoms with E-state index in [-0.39, 0.29) is 11.7 Å².